The summed E-state index contributed by atoms with van der Waals surface area (Å²) >= 11 is 0. The number of hydrogen-bond donors (Lipinski definition) is 1. The van der Waals surface area contributed by atoms with Crippen LogP contribution in [0.25, 0.3) is 0 Å². The van der Waals surface area contributed by atoms with E-state index in [1.165, 1.54) is 0 Å². The van der Waals surface area contributed by atoms with Crippen LogP contribution in [-0.2, 0) is 14.6 Å². The molecule has 0 radical (unpaired) electrons. The molecule has 106 valence electrons. The summed E-state index contributed by atoms with van der Waals surface area (Å²) in [5.41, 5.74) is 0.981. The van der Waals surface area contributed by atoms with Crippen molar-refractivity contribution in [3.63, 3.8) is 0 Å². The molecule has 2 aliphatic heterocycles. The van der Waals surface area contributed by atoms with Gasteiger partial charge in [0.15, 0.2) is 9.84 Å². The van der Waals surface area contributed by atoms with Crippen LogP contribution in [0.2, 0.25) is 0 Å². The van der Waals surface area contributed by atoms with Crippen LogP contribution in [0.1, 0.15) is 30.7 Å². The van der Waals surface area contributed by atoms with E-state index in [2.05, 4.69) is 10.3 Å². The van der Waals surface area contributed by atoms with E-state index in [-0.39, 0.29) is 17.9 Å². The summed E-state index contributed by atoms with van der Waals surface area (Å²) in [5.74, 6) is 0.533. The van der Waals surface area contributed by atoms with Gasteiger partial charge in [-0.25, -0.2) is 13.4 Å². The average Bonchev–Trinajstić information content (AvgIpc) is 2.88. The minimum absolute atomic E-state index is 0.00164. The summed E-state index contributed by atoms with van der Waals surface area (Å²) in [4.78, 5) is 4.18. The van der Waals surface area contributed by atoms with Crippen LogP contribution in [0.3, 0.4) is 0 Å². The lowest BCUT2D eigenvalue weighted by Gasteiger charge is -2.29. The SMILES string of the molecule is O=S1(=O)CCCC(n2cncc2C2CNCCO2)C1. The van der Waals surface area contributed by atoms with Crippen molar-refractivity contribution in [1.29, 1.82) is 0 Å². The monoisotopic (exact) mass is 285 g/mol. The van der Waals surface area contributed by atoms with Gasteiger partial charge in [-0.1, -0.05) is 0 Å². The molecule has 0 saturated carbocycles. The van der Waals surface area contributed by atoms with E-state index in [1.54, 1.807) is 12.5 Å². The van der Waals surface area contributed by atoms with Gasteiger partial charge < -0.3 is 14.6 Å². The number of sulfone groups is 1. The van der Waals surface area contributed by atoms with Gasteiger partial charge in [0.05, 0.1) is 36.3 Å². The molecule has 19 heavy (non-hydrogen) atoms. The third-order valence-corrected chi connectivity index (χ3v) is 5.59. The van der Waals surface area contributed by atoms with Crippen molar-refractivity contribution in [2.45, 2.75) is 25.0 Å². The summed E-state index contributed by atoms with van der Waals surface area (Å²) < 4.78 is 31.3. The summed E-state index contributed by atoms with van der Waals surface area (Å²) in [6.07, 6.45) is 5.12. The molecule has 2 unspecified atom stereocenters. The lowest BCUT2D eigenvalue weighted by molar-refractivity contribution is 0.0220. The van der Waals surface area contributed by atoms with Gasteiger partial charge in [0, 0.05) is 19.1 Å². The molecule has 1 aromatic rings. The minimum atomic E-state index is -2.91. The first-order valence-corrected chi connectivity index (χ1v) is 8.52. The van der Waals surface area contributed by atoms with Gasteiger partial charge in [0.25, 0.3) is 0 Å². The third kappa shape index (κ3) is 2.82. The molecule has 0 aliphatic carbocycles. The van der Waals surface area contributed by atoms with Crippen LogP contribution >= 0.6 is 0 Å². The quantitative estimate of drug-likeness (QED) is 0.845. The molecule has 7 heteroatoms. The summed E-state index contributed by atoms with van der Waals surface area (Å²) in [7, 11) is -2.91. The molecule has 6 nitrogen and oxygen atoms in total. The van der Waals surface area contributed by atoms with Crippen molar-refractivity contribution in [2.24, 2.45) is 0 Å². The smallest absolute Gasteiger partial charge is 0.152 e. The highest BCUT2D eigenvalue weighted by Crippen LogP contribution is 2.28. The maximum atomic E-state index is 11.8. The van der Waals surface area contributed by atoms with Gasteiger partial charge in [0.1, 0.15) is 6.10 Å². The van der Waals surface area contributed by atoms with Crippen molar-refractivity contribution in [3.05, 3.63) is 18.2 Å². The van der Waals surface area contributed by atoms with Gasteiger partial charge in [-0.2, -0.15) is 0 Å². The number of rotatable bonds is 2. The lowest BCUT2D eigenvalue weighted by atomic mass is 10.1. The predicted molar refractivity (Wildman–Crippen MR) is 70.7 cm³/mol. The molecule has 2 saturated heterocycles. The molecule has 3 heterocycles. The van der Waals surface area contributed by atoms with Crippen LogP contribution in [-0.4, -0.2) is 49.2 Å². The Kier molecular flexibility index (Phi) is 3.60. The second-order valence-corrected chi connectivity index (χ2v) is 7.43. The van der Waals surface area contributed by atoms with E-state index in [0.29, 0.717) is 12.4 Å². The molecule has 0 amide bonds. The molecule has 2 aliphatic rings. The normalized spacial score (nSPS) is 31.2. The zero-order chi connectivity index (χ0) is 13.3. The fourth-order valence-electron chi connectivity index (χ4n) is 2.84. The molecule has 2 fully saturated rings. The summed E-state index contributed by atoms with van der Waals surface area (Å²) in [5, 5.41) is 3.29. The van der Waals surface area contributed by atoms with E-state index < -0.39 is 9.84 Å². The zero-order valence-corrected chi connectivity index (χ0v) is 11.6. The highest BCUT2D eigenvalue weighted by atomic mass is 32.2. The highest BCUT2D eigenvalue weighted by molar-refractivity contribution is 7.91. The number of ether oxygens (including phenoxy) is 1. The number of aromatic nitrogens is 2. The molecular weight excluding hydrogens is 266 g/mol. The molecule has 3 rings (SSSR count). The molecule has 1 aromatic heterocycles. The Morgan fingerprint density at radius 3 is 3.11 bits per heavy atom. The number of nitrogens with zero attached hydrogens (tertiary/aromatic N) is 2. The topological polar surface area (TPSA) is 73.2 Å². The van der Waals surface area contributed by atoms with Crippen LogP contribution < -0.4 is 5.32 Å². The molecule has 1 N–H and O–H groups in total. The molecular formula is C12H19N3O3S. The number of imidazole rings is 1. The largest absolute Gasteiger partial charge is 0.369 e. The van der Waals surface area contributed by atoms with Gasteiger partial charge >= 0.3 is 0 Å². The van der Waals surface area contributed by atoms with Crippen molar-refractivity contribution in [2.75, 3.05) is 31.2 Å². The number of hydrogen-bond acceptors (Lipinski definition) is 5. The van der Waals surface area contributed by atoms with Crippen LogP contribution in [0.5, 0.6) is 0 Å². The number of morpholine rings is 1. The maximum absolute atomic E-state index is 11.8. The van der Waals surface area contributed by atoms with E-state index in [0.717, 1.165) is 31.6 Å². The second-order valence-electron chi connectivity index (χ2n) is 5.20. The lowest BCUT2D eigenvalue weighted by Crippen LogP contribution is -2.35. The minimum Gasteiger partial charge on any atom is -0.369 e. The second kappa shape index (κ2) is 5.22. The van der Waals surface area contributed by atoms with E-state index in [1.807, 2.05) is 4.57 Å². The Morgan fingerprint density at radius 2 is 2.37 bits per heavy atom. The Balaban J connectivity index is 1.83. The molecule has 0 aromatic carbocycles. The van der Waals surface area contributed by atoms with Gasteiger partial charge in [-0.15, -0.1) is 0 Å². The Morgan fingerprint density at radius 1 is 1.47 bits per heavy atom. The van der Waals surface area contributed by atoms with Crippen molar-refractivity contribution >= 4 is 9.84 Å². The fourth-order valence-corrected chi connectivity index (χ4v) is 4.53. The van der Waals surface area contributed by atoms with Crippen LogP contribution in [0, 0.1) is 0 Å². The zero-order valence-electron chi connectivity index (χ0n) is 10.8. The van der Waals surface area contributed by atoms with Crippen molar-refractivity contribution in [1.82, 2.24) is 14.9 Å². The molecule has 0 spiro atoms. The van der Waals surface area contributed by atoms with E-state index in [9.17, 15) is 8.42 Å². The number of nitrogens with one attached hydrogen (secondary N) is 1. The van der Waals surface area contributed by atoms with Gasteiger partial charge in [0.2, 0.25) is 0 Å². The predicted octanol–water partition coefficient (Wildman–Crippen LogP) is 0.294. The first-order valence-electron chi connectivity index (χ1n) is 6.70. The Bertz CT molecular complexity index is 534. The average molecular weight is 285 g/mol. The maximum Gasteiger partial charge on any atom is 0.152 e. The van der Waals surface area contributed by atoms with Crippen molar-refractivity contribution < 1.29 is 13.2 Å². The highest BCUT2D eigenvalue weighted by Gasteiger charge is 2.29. The first-order chi connectivity index (χ1) is 9.16. The third-order valence-electron chi connectivity index (χ3n) is 3.79. The molecule has 2 atom stereocenters. The fraction of sp³-hybridized carbons (Fsp3) is 0.750. The van der Waals surface area contributed by atoms with E-state index in [4.69, 9.17) is 4.74 Å². The Hall–Kier alpha value is -0.920. The van der Waals surface area contributed by atoms with Gasteiger partial charge in [-0.05, 0) is 12.8 Å². The van der Waals surface area contributed by atoms with Crippen molar-refractivity contribution in [3.8, 4) is 0 Å². The van der Waals surface area contributed by atoms with Gasteiger partial charge in [-0.3, -0.25) is 0 Å². The van der Waals surface area contributed by atoms with Crippen LogP contribution in [0.15, 0.2) is 12.5 Å². The van der Waals surface area contributed by atoms with Crippen LogP contribution in [0.4, 0.5) is 0 Å². The summed E-state index contributed by atoms with van der Waals surface area (Å²) in [6.45, 7) is 2.30. The first kappa shape index (κ1) is 13.1. The molecule has 0 bridgehead atoms. The Labute approximate surface area is 113 Å². The van der Waals surface area contributed by atoms with E-state index >= 15 is 0 Å². The standard InChI is InChI=1S/C12H19N3O3S/c16-19(17)5-1-2-10(8-19)15-9-14-6-11(15)12-7-13-3-4-18-12/h6,9-10,12-13H,1-5,7-8H2. The summed E-state index contributed by atoms with van der Waals surface area (Å²) in [6, 6.07) is 0.00164.